The Morgan fingerprint density at radius 3 is 1.90 bits per heavy atom. The van der Waals surface area contributed by atoms with Crippen LogP contribution in [0.15, 0.2) is 12.1 Å². The van der Waals surface area contributed by atoms with E-state index in [4.69, 9.17) is 20.8 Å². The maximum atomic E-state index is 12.9. The van der Waals surface area contributed by atoms with E-state index >= 15 is 0 Å². The molecule has 4 nitrogen and oxygen atoms in total. The summed E-state index contributed by atoms with van der Waals surface area (Å²) >= 11 is 0. The molecule has 0 radical (unpaired) electrons. The molecule has 0 aromatic heterocycles. The van der Waals surface area contributed by atoms with Gasteiger partial charge in [0, 0.05) is 5.46 Å². The van der Waals surface area contributed by atoms with Crippen molar-refractivity contribution in [1.82, 2.24) is 0 Å². The second-order valence-corrected chi connectivity index (χ2v) is 6.15. The van der Waals surface area contributed by atoms with Crippen molar-refractivity contribution in [3.63, 3.8) is 0 Å². The van der Waals surface area contributed by atoms with Gasteiger partial charge in [-0.15, -0.1) is 0 Å². The van der Waals surface area contributed by atoms with Gasteiger partial charge in [0.15, 0.2) is 0 Å². The average Bonchev–Trinajstić information content (AvgIpc) is 2.50. The normalized spacial score (nSPS) is 20.8. The minimum absolute atomic E-state index is 0.0431. The van der Waals surface area contributed by atoms with E-state index in [0.717, 1.165) is 12.1 Å². The van der Waals surface area contributed by atoms with Gasteiger partial charge < -0.3 is 20.8 Å². The van der Waals surface area contributed by atoms with Gasteiger partial charge in [-0.05, 0) is 39.8 Å². The fourth-order valence-electron chi connectivity index (χ4n) is 2.03. The number of alkyl halides is 3. The third-order valence-electron chi connectivity index (χ3n) is 4.08. The summed E-state index contributed by atoms with van der Waals surface area (Å²) in [5, 5.41) is 0. The summed E-state index contributed by atoms with van der Waals surface area (Å²) in [4.78, 5) is 0. The zero-order valence-corrected chi connectivity index (χ0v) is 12.3. The second kappa shape index (κ2) is 4.54. The number of hydrogen-bond acceptors (Lipinski definition) is 4. The fraction of sp³-hybridized carbons (Fsp3) is 0.538. The molecule has 1 heterocycles. The number of rotatable bonds is 1. The number of nitrogen functional groups attached to an aromatic ring is 2. The Kier molecular flexibility index (Phi) is 3.46. The number of benzene rings is 1. The quantitative estimate of drug-likeness (QED) is 0.616. The van der Waals surface area contributed by atoms with Crippen molar-refractivity contribution in [1.29, 1.82) is 0 Å². The van der Waals surface area contributed by atoms with E-state index in [1.165, 1.54) is 0 Å². The van der Waals surface area contributed by atoms with Gasteiger partial charge in [0.2, 0.25) is 0 Å². The number of halogens is 3. The zero-order chi connectivity index (χ0) is 16.2. The van der Waals surface area contributed by atoms with Gasteiger partial charge in [-0.25, -0.2) is 0 Å². The summed E-state index contributed by atoms with van der Waals surface area (Å²) in [5.41, 5.74) is 9.16. The molecule has 0 atom stereocenters. The van der Waals surface area contributed by atoms with Gasteiger partial charge >= 0.3 is 13.3 Å². The second-order valence-electron chi connectivity index (χ2n) is 6.15. The highest BCUT2D eigenvalue weighted by Gasteiger charge is 2.52. The lowest BCUT2D eigenvalue weighted by atomic mass is 9.76. The molecule has 1 aliphatic heterocycles. The lowest BCUT2D eigenvalue weighted by Gasteiger charge is -2.32. The third kappa shape index (κ3) is 2.69. The van der Waals surface area contributed by atoms with Gasteiger partial charge in [0.05, 0.1) is 28.1 Å². The summed E-state index contributed by atoms with van der Waals surface area (Å²) in [6, 6.07) is 1.73. The molecule has 4 N–H and O–H groups in total. The first kappa shape index (κ1) is 16.0. The summed E-state index contributed by atoms with van der Waals surface area (Å²) < 4.78 is 50.1. The number of anilines is 2. The molecule has 1 aromatic rings. The molecule has 0 spiro atoms. The molecule has 8 heteroatoms. The van der Waals surface area contributed by atoms with Crippen molar-refractivity contribution in [2.24, 2.45) is 0 Å². The largest absolute Gasteiger partial charge is 0.497 e. The van der Waals surface area contributed by atoms with Crippen LogP contribution in [0.1, 0.15) is 33.3 Å². The maximum absolute atomic E-state index is 12.9. The first-order valence-electron chi connectivity index (χ1n) is 6.47. The summed E-state index contributed by atoms with van der Waals surface area (Å²) in [6.45, 7) is 7.22. The summed E-state index contributed by atoms with van der Waals surface area (Å²) in [7, 11) is -0.986. The lowest BCUT2D eigenvalue weighted by Crippen LogP contribution is -2.41. The first-order chi connectivity index (χ1) is 9.35. The van der Waals surface area contributed by atoms with Crippen LogP contribution in [0.3, 0.4) is 0 Å². The molecule has 0 aliphatic carbocycles. The first-order valence-corrected chi connectivity index (χ1v) is 6.47. The minimum atomic E-state index is -4.51. The SMILES string of the molecule is CC1(C)OB(c2cc(C(F)(F)F)cc(N)c2N)OC1(C)C. The standard InChI is InChI=1S/C13H18BF3N2O2/c1-11(2)12(3,4)21-14(20-11)8-5-7(13(15,16)17)6-9(18)10(8)19/h5-6H,18-19H2,1-4H3. The van der Waals surface area contributed by atoms with Crippen LogP contribution < -0.4 is 16.9 Å². The highest BCUT2D eigenvalue weighted by atomic mass is 19.4. The van der Waals surface area contributed by atoms with Crippen LogP contribution in [0, 0.1) is 0 Å². The van der Waals surface area contributed by atoms with E-state index in [1.807, 2.05) is 0 Å². The molecule has 0 saturated carbocycles. The molecule has 1 fully saturated rings. The molecular weight excluding hydrogens is 284 g/mol. The van der Waals surface area contributed by atoms with Crippen LogP contribution in [0.5, 0.6) is 0 Å². The van der Waals surface area contributed by atoms with E-state index in [0.29, 0.717) is 0 Å². The molecule has 0 unspecified atom stereocenters. The zero-order valence-electron chi connectivity index (χ0n) is 12.3. The van der Waals surface area contributed by atoms with Crippen LogP contribution in [0.2, 0.25) is 0 Å². The molecule has 0 amide bonds. The topological polar surface area (TPSA) is 70.5 Å². The number of nitrogens with two attached hydrogens (primary N) is 2. The predicted octanol–water partition coefficient (Wildman–Crippen LogP) is 2.17. The van der Waals surface area contributed by atoms with E-state index in [2.05, 4.69) is 0 Å². The van der Waals surface area contributed by atoms with Crippen molar-refractivity contribution < 1.29 is 22.5 Å². The highest BCUT2D eigenvalue weighted by molar-refractivity contribution is 6.64. The van der Waals surface area contributed by atoms with E-state index in [1.54, 1.807) is 27.7 Å². The van der Waals surface area contributed by atoms with Crippen molar-refractivity contribution in [3.8, 4) is 0 Å². The van der Waals surface area contributed by atoms with Gasteiger partial charge in [0.25, 0.3) is 0 Å². The van der Waals surface area contributed by atoms with Crippen molar-refractivity contribution >= 4 is 24.0 Å². The monoisotopic (exact) mass is 302 g/mol. The number of hydrogen-bond donors (Lipinski definition) is 2. The van der Waals surface area contributed by atoms with Crippen LogP contribution in [-0.2, 0) is 15.5 Å². The fourth-order valence-corrected chi connectivity index (χ4v) is 2.03. The Labute approximate surface area is 121 Å². The predicted molar refractivity (Wildman–Crippen MR) is 76.0 cm³/mol. The smallest absolute Gasteiger partial charge is 0.399 e. The Balaban J connectivity index is 2.48. The maximum Gasteiger partial charge on any atom is 0.497 e. The lowest BCUT2D eigenvalue weighted by molar-refractivity contribution is -0.137. The molecule has 1 saturated heterocycles. The Hall–Kier alpha value is -1.41. The third-order valence-corrected chi connectivity index (χ3v) is 4.08. The molecule has 21 heavy (non-hydrogen) atoms. The minimum Gasteiger partial charge on any atom is -0.399 e. The van der Waals surface area contributed by atoms with Gasteiger partial charge in [-0.3, -0.25) is 0 Å². The highest BCUT2D eigenvalue weighted by Crippen LogP contribution is 2.38. The van der Waals surface area contributed by atoms with Crippen molar-refractivity contribution in [3.05, 3.63) is 17.7 Å². The Bertz CT molecular complexity index is 557. The molecule has 2 rings (SSSR count). The van der Waals surface area contributed by atoms with Crippen LogP contribution in [-0.4, -0.2) is 18.3 Å². The van der Waals surface area contributed by atoms with E-state index in [-0.39, 0.29) is 16.8 Å². The van der Waals surface area contributed by atoms with Crippen molar-refractivity contribution in [2.45, 2.75) is 45.1 Å². The molecule has 1 aliphatic rings. The molecule has 1 aromatic carbocycles. The Morgan fingerprint density at radius 2 is 1.48 bits per heavy atom. The average molecular weight is 302 g/mol. The van der Waals surface area contributed by atoms with E-state index in [9.17, 15) is 13.2 Å². The van der Waals surface area contributed by atoms with Gasteiger partial charge in [-0.2, -0.15) is 13.2 Å². The molecular formula is C13H18BF3N2O2. The molecule has 116 valence electrons. The molecule has 0 bridgehead atoms. The summed E-state index contributed by atoms with van der Waals surface area (Å²) in [6.07, 6.45) is -4.51. The van der Waals surface area contributed by atoms with Crippen LogP contribution >= 0.6 is 0 Å². The Morgan fingerprint density at radius 1 is 1.00 bits per heavy atom. The van der Waals surface area contributed by atoms with Gasteiger partial charge in [-0.1, -0.05) is 0 Å². The van der Waals surface area contributed by atoms with Gasteiger partial charge in [0.1, 0.15) is 0 Å². The van der Waals surface area contributed by atoms with Crippen LogP contribution in [0.4, 0.5) is 24.5 Å². The van der Waals surface area contributed by atoms with E-state index < -0.39 is 30.1 Å². The van der Waals surface area contributed by atoms with Crippen molar-refractivity contribution in [2.75, 3.05) is 11.5 Å². The summed E-state index contributed by atoms with van der Waals surface area (Å²) in [5.74, 6) is 0. The van der Waals surface area contributed by atoms with Crippen LogP contribution in [0.25, 0.3) is 0 Å².